The van der Waals surface area contributed by atoms with E-state index in [0.29, 0.717) is 53.1 Å². The maximum Gasteiger partial charge on any atom is 0.407 e. The van der Waals surface area contributed by atoms with Gasteiger partial charge in [-0.25, -0.2) is 27.2 Å². The lowest BCUT2D eigenvalue weighted by molar-refractivity contribution is -0.384. The Balaban J connectivity index is 1.27. The molecule has 0 atom stereocenters. The van der Waals surface area contributed by atoms with Crippen LogP contribution in [0.5, 0.6) is 0 Å². The minimum absolute atomic E-state index is 0.0532. The molecule has 0 radical (unpaired) electrons. The number of aromatic nitrogens is 4. The normalized spacial score (nSPS) is 15.9. The van der Waals surface area contributed by atoms with Crippen LogP contribution < -0.4 is 16.0 Å². The highest BCUT2D eigenvalue weighted by Crippen LogP contribution is 2.39. The van der Waals surface area contributed by atoms with Crippen LogP contribution in [0.2, 0.25) is 0 Å². The van der Waals surface area contributed by atoms with Crippen molar-refractivity contribution < 1.29 is 27.7 Å². The number of anilines is 1. The van der Waals surface area contributed by atoms with Gasteiger partial charge in [0.05, 0.1) is 20.9 Å². The summed E-state index contributed by atoms with van der Waals surface area (Å²) in [5, 5.41) is 22.4. The smallest absolute Gasteiger partial charge is 0.407 e. The van der Waals surface area contributed by atoms with Crippen LogP contribution in [0, 0.1) is 17.0 Å². The summed E-state index contributed by atoms with van der Waals surface area (Å²) in [6.07, 6.45) is 9.35. The second kappa shape index (κ2) is 15.6. The maximum absolute atomic E-state index is 14.1. The Hall–Kier alpha value is -6.42. The Morgan fingerprint density at radius 3 is 2.37 bits per heavy atom. The molecule has 2 aromatic carbocycles. The molecule has 3 N–H and O–H groups in total. The van der Waals surface area contributed by atoms with Crippen molar-refractivity contribution in [3.8, 4) is 11.1 Å². The third-order valence-corrected chi connectivity index (χ3v) is 11.4. The Labute approximate surface area is 329 Å². The molecular weight excluding hydrogens is 749 g/mol. The van der Waals surface area contributed by atoms with Crippen molar-refractivity contribution in [2.24, 2.45) is 0 Å². The van der Waals surface area contributed by atoms with Crippen LogP contribution in [0.4, 0.5) is 16.2 Å². The number of hydrogen-bond acceptors (Lipinski definition) is 11. The fraction of sp³-hybridized carbons (Fsp3) is 0.293. The van der Waals surface area contributed by atoms with Gasteiger partial charge in [0.2, 0.25) is 0 Å². The molecule has 1 aliphatic rings. The van der Waals surface area contributed by atoms with Gasteiger partial charge in [0.1, 0.15) is 17.5 Å². The molecule has 0 spiro atoms. The molecule has 6 aromatic rings. The molecule has 1 fully saturated rings. The molecule has 0 aliphatic heterocycles. The summed E-state index contributed by atoms with van der Waals surface area (Å²) in [5.41, 5.74) is 2.87. The zero-order chi connectivity index (χ0) is 40.5. The predicted molar refractivity (Wildman–Crippen MR) is 215 cm³/mol. The first-order valence-corrected chi connectivity index (χ1v) is 19.9. The van der Waals surface area contributed by atoms with Crippen LogP contribution >= 0.6 is 0 Å². The van der Waals surface area contributed by atoms with E-state index in [4.69, 9.17) is 4.74 Å². The van der Waals surface area contributed by atoms with Gasteiger partial charge in [-0.15, -0.1) is 0 Å². The Bertz CT molecular complexity index is 2600. The number of amides is 2. The largest absolute Gasteiger partial charge is 0.444 e. The fourth-order valence-electron chi connectivity index (χ4n) is 6.93. The number of nitrogens with one attached hydrogen (secondary N) is 3. The zero-order valence-electron chi connectivity index (χ0n) is 31.9. The summed E-state index contributed by atoms with van der Waals surface area (Å²) in [6.45, 7) is 7.48. The molecule has 1 saturated carbocycles. The topological polar surface area (TPSA) is 200 Å². The SMILES string of the molecule is Cc1ccc(S(=O)(=O)n2cc(-c3ccc4ncc([N+](=O)[O-])c(N[C@H]5CC[C@H](NC(=O)OC(C)(C)C)CC5)c4c3)c3cc(C(=O)NCc4cccnc4)cnc32)cc1. The number of benzene rings is 2. The van der Waals surface area contributed by atoms with Gasteiger partial charge >= 0.3 is 11.8 Å². The molecule has 16 heteroatoms. The third-order valence-electron chi connectivity index (χ3n) is 9.78. The monoisotopic (exact) mass is 790 g/mol. The van der Waals surface area contributed by atoms with Crippen molar-refractivity contribution in [2.75, 3.05) is 5.32 Å². The van der Waals surface area contributed by atoms with Crippen LogP contribution in [-0.4, -0.2) is 62.0 Å². The number of carbonyl (C=O) groups excluding carboxylic acids is 2. The number of rotatable bonds is 10. The molecule has 0 unspecified atom stereocenters. The summed E-state index contributed by atoms with van der Waals surface area (Å²) in [4.78, 5) is 50.7. The predicted octanol–water partition coefficient (Wildman–Crippen LogP) is 7.28. The number of hydrogen-bond donors (Lipinski definition) is 3. The molecule has 294 valence electrons. The average Bonchev–Trinajstić information content (AvgIpc) is 3.57. The number of nitro groups is 1. The molecule has 57 heavy (non-hydrogen) atoms. The van der Waals surface area contributed by atoms with E-state index in [1.807, 2.05) is 13.0 Å². The van der Waals surface area contributed by atoms with E-state index in [9.17, 15) is 28.1 Å². The number of alkyl carbamates (subject to hydrolysis) is 1. The summed E-state index contributed by atoms with van der Waals surface area (Å²) < 4.78 is 34.8. The lowest BCUT2D eigenvalue weighted by Gasteiger charge is -2.31. The van der Waals surface area contributed by atoms with Crippen LogP contribution in [0.1, 0.15) is 67.9 Å². The fourth-order valence-corrected chi connectivity index (χ4v) is 8.25. The number of carbonyl (C=O) groups is 2. The minimum atomic E-state index is -4.16. The second-order valence-corrected chi connectivity index (χ2v) is 17.0. The molecule has 7 rings (SSSR count). The number of aryl methyl sites for hydroxylation is 1. The Morgan fingerprint density at radius 2 is 1.68 bits per heavy atom. The van der Waals surface area contributed by atoms with Gasteiger partial charge < -0.3 is 20.7 Å². The molecule has 15 nitrogen and oxygen atoms in total. The van der Waals surface area contributed by atoms with Crippen molar-refractivity contribution in [2.45, 2.75) is 82.5 Å². The summed E-state index contributed by atoms with van der Waals surface area (Å²) in [7, 11) is -4.16. The van der Waals surface area contributed by atoms with Crippen molar-refractivity contribution in [3.63, 3.8) is 0 Å². The number of ether oxygens (including phenoxy) is 1. The molecule has 4 heterocycles. The van der Waals surface area contributed by atoms with E-state index in [2.05, 4.69) is 30.9 Å². The lowest BCUT2D eigenvalue weighted by Crippen LogP contribution is -2.42. The van der Waals surface area contributed by atoms with Gasteiger partial charge in [-0.05, 0) is 101 Å². The van der Waals surface area contributed by atoms with Crippen molar-refractivity contribution >= 4 is 55.3 Å². The lowest BCUT2D eigenvalue weighted by atomic mass is 9.91. The van der Waals surface area contributed by atoms with E-state index >= 15 is 0 Å². The summed E-state index contributed by atoms with van der Waals surface area (Å²) >= 11 is 0. The van der Waals surface area contributed by atoms with Crippen molar-refractivity contribution in [3.05, 3.63) is 118 Å². The first kappa shape index (κ1) is 38.8. The average molecular weight is 791 g/mol. The van der Waals surface area contributed by atoms with Gasteiger partial charge in [0, 0.05) is 59.8 Å². The number of pyridine rings is 3. The van der Waals surface area contributed by atoms with Crippen molar-refractivity contribution in [1.29, 1.82) is 0 Å². The van der Waals surface area contributed by atoms with Gasteiger partial charge in [-0.3, -0.25) is 19.9 Å². The highest BCUT2D eigenvalue weighted by atomic mass is 32.2. The quantitative estimate of drug-likeness (QED) is 0.0930. The molecular formula is C41H42N8O7S. The van der Waals surface area contributed by atoms with Crippen LogP contribution in [0.3, 0.4) is 0 Å². The minimum Gasteiger partial charge on any atom is -0.444 e. The van der Waals surface area contributed by atoms with E-state index < -0.39 is 32.5 Å². The van der Waals surface area contributed by atoms with E-state index in [-0.39, 0.29) is 46.1 Å². The third kappa shape index (κ3) is 8.55. The molecule has 2 amide bonds. The van der Waals surface area contributed by atoms with E-state index in [1.54, 1.807) is 75.6 Å². The summed E-state index contributed by atoms with van der Waals surface area (Å²) in [5.74, 6) is -0.422. The molecule has 0 bridgehead atoms. The van der Waals surface area contributed by atoms with Crippen molar-refractivity contribution in [1.82, 2.24) is 29.6 Å². The van der Waals surface area contributed by atoms with Crippen LogP contribution in [0.25, 0.3) is 33.1 Å². The van der Waals surface area contributed by atoms with E-state index in [0.717, 1.165) is 15.1 Å². The zero-order valence-corrected chi connectivity index (χ0v) is 32.7. The highest BCUT2D eigenvalue weighted by Gasteiger charge is 2.29. The summed E-state index contributed by atoms with van der Waals surface area (Å²) in [6, 6.07) is 16.6. The van der Waals surface area contributed by atoms with Crippen LogP contribution in [-0.2, 0) is 21.3 Å². The second-order valence-electron chi connectivity index (χ2n) is 15.1. The van der Waals surface area contributed by atoms with E-state index in [1.165, 1.54) is 30.7 Å². The van der Waals surface area contributed by atoms with Gasteiger partial charge in [-0.1, -0.05) is 29.8 Å². The molecule has 1 aliphatic carbocycles. The van der Waals surface area contributed by atoms with Gasteiger partial charge in [0.25, 0.3) is 15.9 Å². The Morgan fingerprint density at radius 1 is 0.947 bits per heavy atom. The highest BCUT2D eigenvalue weighted by molar-refractivity contribution is 7.90. The van der Waals surface area contributed by atoms with Crippen LogP contribution in [0.15, 0.2) is 96.5 Å². The molecule has 0 saturated heterocycles. The first-order valence-electron chi connectivity index (χ1n) is 18.5. The standard InChI is InChI=1S/C41H42N8O7S/c1-25-7-14-31(15-8-25)57(54,55)48-24-34(32-19-28(22-44-38(32)48)39(50)45-21-26-6-5-17-42-20-26)27-9-16-35-33(18-27)37(36(23-43-35)49(52)53)46-29-10-12-30(13-11-29)47-40(51)56-41(2,3)4/h5-9,14-20,22-24,29-30H,10-13,21H2,1-4H3,(H,43,46)(H,45,50)(H,47,51)/t29-,30-. The number of fused-ring (bicyclic) bond motifs is 2. The Kier molecular flexibility index (Phi) is 10.6. The molecule has 4 aromatic heterocycles. The number of nitrogens with zero attached hydrogens (tertiary/aromatic N) is 5. The maximum atomic E-state index is 14.1. The van der Waals surface area contributed by atoms with Gasteiger partial charge in [0.15, 0.2) is 5.65 Å². The van der Waals surface area contributed by atoms with Gasteiger partial charge in [-0.2, -0.15) is 0 Å². The first-order chi connectivity index (χ1) is 27.2.